The van der Waals surface area contributed by atoms with Gasteiger partial charge in [0.15, 0.2) is 0 Å². The van der Waals surface area contributed by atoms with Crippen molar-refractivity contribution in [2.45, 2.75) is 45.0 Å². The number of halogens is 3. The van der Waals surface area contributed by atoms with Crippen molar-refractivity contribution < 1.29 is 17.9 Å². The standard InChI is InChI=1S/C12H23F3N2O/c1-5-18-9-6-11(16,10(9,2)3)7-17(4)8-12(13,14)15/h9H,5-8,16H2,1-4H3. The van der Waals surface area contributed by atoms with Crippen LogP contribution in [0.2, 0.25) is 0 Å². The van der Waals surface area contributed by atoms with Gasteiger partial charge in [-0.3, -0.25) is 4.90 Å². The van der Waals surface area contributed by atoms with Gasteiger partial charge in [-0.25, -0.2) is 0 Å². The van der Waals surface area contributed by atoms with E-state index in [-0.39, 0.29) is 18.1 Å². The third-order valence-corrected chi connectivity index (χ3v) is 4.01. The summed E-state index contributed by atoms with van der Waals surface area (Å²) < 4.78 is 42.4. The van der Waals surface area contributed by atoms with Crippen LogP contribution in [-0.2, 0) is 4.74 Å². The predicted octanol–water partition coefficient (Wildman–Crippen LogP) is 2.01. The van der Waals surface area contributed by atoms with E-state index in [2.05, 4.69) is 0 Å². The molecule has 2 unspecified atom stereocenters. The number of nitrogens with two attached hydrogens (primary N) is 1. The summed E-state index contributed by atoms with van der Waals surface area (Å²) in [6.07, 6.45) is -3.54. The minimum absolute atomic E-state index is 0.0341. The van der Waals surface area contributed by atoms with E-state index < -0.39 is 18.3 Å². The third kappa shape index (κ3) is 3.16. The molecule has 6 heteroatoms. The third-order valence-electron chi connectivity index (χ3n) is 4.01. The lowest BCUT2D eigenvalue weighted by Crippen LogP contribution is -2.73. The van der Waals surface area contributed by atoms with Crippen molar-refractivity contribution in [3.63, 3.8) is 0 Å². The molecule has 1 saturated carbocycles. The van der Waals surface area contributed by atoms with Crippen LogP contribution in [0.15, 0.2) is 0 Å². The SMILES string of the molecule is CCOC1CC(N)(CN(C)CC(F)(F)F)C1(C)C. The summed E-state index contributed by atoms with van der Waals surface area (Å²) in [5, 5.41) is 0. The van der Waals surface area contributed by atoms with Gasteiger partial charge in [0.2, 0.25) is 0 Å². The van der Waals surface area contributed by atoms with E-state index in [4.69, 9.17) is 10.5 Å². The van der Waals surface area contributed by atoms with Crippen molar-refractivity contribution in [2.75, 3.05) is 26.7 Å². The fourth-order valence-electron chi connectivity index (χ4n) is 2.62. The minimum Gasteiger partial charge on any atom is -0.378 e. The molecule has 2 N–H and O–H groups in total. The van der Waals surface area contributed by atoms with E-state index >= 15 is 0 Å². The predicted molar refractivity (Wildman–Crippen MR) is 64.3 cm³/mol. The van der Waals surface area contributed by atoms with E-state index in [0.29, 0.717) is 13.0 Å². The quantitative estimate of drug-likeness (QED) is 0.829. The van der Waals surface area contributed by atoms with Crippen LogP contribution in [0.5, 0.6) is 0 Å². The molecule has 0 aliphatic heterocycles. The second-order valence-electron chi connectivity index (χ2n) is 5.81. The summed E-state index contributed by atoms with van der Waals surface area (Å²) in [7, 11) is 1.45. The highest BCUT2D eigenvalue weighted by atomic mass is 19.4. The molecule has 0 aromatic rings. The van der Waals surface area contributed by atoms with E-state index in [1.165, 1.54) is 11.9 Å². The minimum atomic E-state index is -4.18. The lowest BCUT2D eigenvalue weighted by Gasteiger charge is -2.60. The van der Waals surface area contributed by atoms with Gasteiger partial charge in [0, 0.05) is 24.1 Å². The maximum Gasteiger partial charge on any atom is 0.401 e. The van der Waals surface area contributed by atoms with Crippen molar-refractivity contribution in [1.29, 1.82) is 0 Å². The van der Waals surface area contributed by atoms with E-state index in [9.17, 15) is 13.2 Å². The van der Waals surface area contributed by atoms with Gasteiger partial charge in [-0.1, -0.05) is 13.8 Å². The Morgan fingerprint density at radius 1 is 1.39 bits per heavy atom. The fraction of sp³-hybridized carbons (Fsp3) is 1.00. The molecule has 0 heterocycles. The van der Waals surface area contributed by atoms with Crippen LogP contribution in [0.3, 0.4) is 0 Å². The van der Waals surface area contributed by atoms with Gasteiger partial charge in [0.25, 0.3) is 0 Å². The summed E-state index contributed by atoms with van der Waals surface area (Å²) in [5.41, 5.74) is 5.31. The molecule has 0 saturated heterocycles. The van der Waals surface area contributed by atoms with Gasteiger partial charge >= 0.3 is 6.18 Å². The Hall–Kier alpha value is -0.330. The largest absolute Gasteiger partial charge is 0.401 e. The van der Waals surface area contributed by atoms with Gasteiger partial charge in [-0.05, 0) is 20.4 Å². The van der Waals surface area contributed by atoms with E-state index in [0.717, 1.165) is 0 Å². The fourth-order valence-corrected chi connectivity index (χ4v) is 2.62. The molecule has 1 fully saturated rings. The first-order valence-electron chi connectivity index (χ1n) is 6.17. The summed E-state index contributed by atoms with van der Waals surface area (Å²) in [4.78, 5) is 1.24. The Morgan fingerprint density at radius 2 is 1.94 bits per heavy atom. The van der Waals surface area contributed by atoms with Crippen LogP contribution >= 0.6 is 0 Å². The first-order chi connectivity index (χ1) is 8.02. The van der Waals surface area contributed by atoms with Crippen molar-refractivity contribution >= 4 is 0 Å². The van der Waals surface area contributed by atoms with Gasteiger partial charge < -0.3 is 10.5 Å². The molecule has 2 atom stereocenters. The molecule has 1 rings (SSSR count). The molecule has 0 spiro atoms. The number of alkyl halides is 3. The molecule has 1 aliphatic rings. The zero-order valence-corrected chi connectivity index (χ0v) is 11.5. The number of hydrogen-bond acceptors (Lipinski definition) is 3. The van der Waals surface area contributed by atoms with Crippen molar-refractivity contribution in [1.82, 2.24) is 4.90 Å². The van der Waals surface area contributed by atoms with Crippen molar-refractivity contribution in [2.24, 2.45) is 11.1 Å². The van der Waals surface area contributed by atoms with E-state index in [1.54, 1.807) is 0 Å². The summed E-state index contributed by atoms with van der Waals surface area (Å²) in [6.45, 7) is 5.71. The second-order valence-corrected chi connectivity index (χ2v) is 5.81. The highest BCUT2D eigenvalue weighted by molar-refractivity contribution is 5.14. The van der Waals surface area contributed by atoms with Gasteiger partial charge in [0.05, 0.1) is 12.6 Å². The lowest BCUT2D eigenvalue weighted by atomic mass is 9.54. The van der Waals surface area contributed by atoms with Crippen LogP contribution in [0, 0.1) is 5.41 Å². The number of hydrogen-bond donors (Lipinski definition) is 1. The molecule has 0 bridgehead atoms. The van der Waals surface area contributed by atoms with Crippen molar-refractivity contribution in [3.05, 3.63) is 0 Å². The molecular formula is C12H23F3N2O. The molecule has 108 valence electrons. The molecular weight excluding hydrogens is 245 g/mol. The zero-order valence-electron chi connectivity index (χ0n) is 11.5. The van der Waals surface area contributed by atoms with Gasteiger partial charge in [0.1, 0.15) is 0 Å². The van der Waals surface area contributed by atoms with Crippen LogP contribution in [-0.4, -0.2) is 49.5 Å². The molecule has 1 aliphatic carbocycles. The Morgan fingerprint density at radius 3 is 2.33 bits per heavy atom. The average molecular weight is 268 g/mol. The van der Waals surface area contributed by atoms with Crippen LogP contribution in [0.4, 0.5) is 13.2 Å². The smallest absolute Gasteiger partial charge is 0.378 e. The van der Waals surface area contributed by atoms with Crippen LogP contribution in [0.1, 0.15) is 27.2 Å². The topological polar surface area (TPSA) is 38.5 Å². The molecule has 3 nitrogen and oxygen atoms in total. The molecule has 0 aromatic carbocycles. The molecule has 0 amide bonds. The molecule has 0 aromatic heterocycles. The highest BCUT2D eigenvalue weighted by Gasteiger charge is 2.58. The Kier molecular flexibility index (Phi) is 4.35. The zero-order chi connectivity index (χ0) is 14.2. The first kappa shape index (κ1) is 15.7. The number of ether oxygens (including phenoxy) is 1. The maximum atomic E-state index is 12.3. The first-order valence-corrected chi connectivity index (χ1v) is 6.17. The second kappa shape index (κ2) is 4.98. The average Bonchev–Trinajstić information content (AvgIpc) is 2.13. The normalized spacial score (nSPS) is 31.5. The Balaban J connectivity index is 2.57. The lowest BCUT2D eigenvalue weighted by molar-refractivity contribution is -0.172. The van der Waals surface area contributed by atoms with Crippen LogP contribution < -0.4 is 5.73 Å². The molecule has 0 radical (unpaired) electrons. The monoisotopic (exact) mass is 268 g/mol. The number of likely N-dealkylation sites (N-methyl/N-ethyl adjacent to an activating group) is 1. The highest BCUT2D eigenvalue weighted by Crippen LogP contribution is 2.50. The summed E-state index contributed by atoms with van der Waals surface area (Å²) in [5.74, 6) is 0. The Bertz CT molecular complexity index is 294. The summed E-state index contributed by atoms with van der Waals surface area (Å²) >= 11 is 0. The van der Waals surface area contributed by atoms with Crippen LogP contribution in [0.25, 0.3) is 0 Å². The molecule has 18 heavy (non-hydrogen) atoms. The van der Waals surface area contributed by atoms with Gasteiger partial charge in [-0.15, -0.1) is 0 Å². The summed E-state index contributed by atoms with van der Waals surface area (Å²) in [6, 6.07) is 0. The van der Waals surface area contributed by atoms with Gasteiger partial charge in [-0.2, -0.15) is 13.2 Å². The van der Waals surface area contributed by atoms with E-state index in [1.807, 2.05) is 20.8 Å². The van der Waals surface area contributed by atoms with Crippen molar-refractivity contribution in [3.8, 4) is 0 Å². The number of nitrogens with zero attached hydrogens (tertiary/aromatic N) is 1. The maximum absolute atomic E-state index is 12.3. The number of rotatable bonds is 5. The Labute approximate surface area is 106 Å².